The number of carbonyl (C=O) groups is 1. The van der Waals surface area contributed by atoms with Crippen LogP contribution in [0, 0.1) is 13.7 Å². The molecule has 2 rings (SSSR count). The summed E-state index contributed by atoms with van der Waals surface area (Å²) in [5, 5.41) is 10.9. The van der Waals surface area contributed by atoms with Gasteiger partial charge in [0, 0.05) is 28.3 Å². The molecule has 112 valence electrons. The molecule has 1 aliphatic rings. The highest BCUT2D eigenvalue weighted by Gasteiger charge is 2.28. The minimum absolute atomic E-state index is 0.0521. The molecule has 1 aromatic carbocycles. The molecule has 0 aliphatic heterocycles. The maximum atomic E-state index is 12.8. The van der Waals surface area contributed by atoms with Crippen LogP contribution in [0.3, 0.4) is 0 Å². The minimum Gasteiger partial charge on any atom is -0.332 e. The number of nitrogens with zero attached hydrogens (tertiary/aromatic N) is 2. The van der Waals surface area contributed by atoms with E-state index in [1.165, 1.54) is 12.1 Å². The van der Waals surface area contributed by atoms with Gasteiger partial charge in [-0.15, -0.1) is 6.58 Å². The van der Waals surface area contributed by atoms with Crippen molar-refractivity contribution in [3.8, 4) is 0 Å². The average molecular weight is 400 g/mol. The van der Waals surface area contributed by atoms with Crippen molar-refractivity contribution in [2.24, 2.45) is 0 Å². The summed E-state index contributed by atoms with van der Waals surface area (Å²) in [7, 11) is 0. The molecule has 0 unspecified atom stereocenters. The summed E-state index contributed by atoms with van der Waals surface area (Å²) >= 11 is 2.04. The summed E-state index contributed by atoms with van der Waals surface area (Å²) in [4.78, 5) is 25.0. The van der Waals surface area contributed by atoms with Crippen LogP contribution in [-0.4, -0.2) is 28.3 Å². The topological polar surface area (TPSA) is 63.5 Å². The standard InChI is InChI=1S/C15H17IN2O3/c1-2-9-17(11-5-3-4-6-11)15(19)13-10-12(18(20)21)7-8-14(13)16/h2,7-8,10-11H,1,3-6,9H2. The summed E-state index contributed by atoms with van der Waals surface area (Å²) in [6.45, 7) is 4.19. The van der Waals surface area contributed by atoms with Crippen LogP contribution < -0.4 is 0 Å². The van der Waals surface area contributed by atoms with Gasteiger partial charge in [0.15, 0.2) is 0 Å². The summed E-state index contributed by atoms with van der Waals surface area (Å²) in [6, 6.07) is 4.62. The van der Waals surface area contributed by atoms with Gasteiger partial charge in [-0.2, -0.15) is 0 Å². The third-order valence-electron chi connectivity index (χ3n) is 3.74. The third kappa shape index (κ3) is 3.61. The first-order valence-electron chi connectivity index (χ1n) is 6.90. The molecule has 1 aromatic rings. The number of nitro groups is 1. The van der Waals surface area contributed by atoms with Gasteiger partial charge in [-0.3, -0.25) is 14.9 Å². The van der Waals surface area contributed by atoms with E-state index >= 15 is 0 Å². The lowest BCUT2D eigenvalue weighted by atomic mass is 10.1. The van der Waals surface area contributed by atoms with Gasteiger partial charge in [0.1, 0.15) is 0 Å². The maximum Gasteiger partial charge on any atom is 0.270 e. The van der Waals surface area contributed by atoms with Crippen LogP contribution in [-0.2, 0) is 0 Å². The lowest BCUT2D eigenvalue weighted by Crippen LogP contribution is -2.39. The molecule has 5 nitrogen and oxygen atoms in total. The Kier molecular flexibility index (Phi) is 5.33. The Morgan fingerprint density at radius 3 is 2.71 bits per heavy atom. The van der Waals surface area contributed by atoms with E-state index in [-0.39, 0.29) is 17.6 Å². The van der Waals surface area contributed by atoms with E-state index in [9.17, 15) is 14.9 Å². The summed E-state index contributed by atoms with van der Waals surface area (Å²) in [5.41, 5.74) is 0.349. The lowest BCUT2D eigenvalue weighted by Gasteiger charge is -2.28. The molecular weight excluding hydrogens is 383 g/mol. The Balaban J connectivity index is 2.33. The van der Waals surface area contributed by atoms with Crippen LogP contribution in [0.2, 0.25) is 0 Å². The van der Waals surface area contributed by atoms with Crippen molar-refractivity contribution in [3.05, 3.63) is 50.1 Å². The van der Waals surface area contributed by atoms with Gasteiger partial charge in [-0.1, -0.05) is 18.9 Å². The Morgan fingerprint density at radius 1 is 1.48 bits per heavy atom. The zero-order valence-corrected chi connectivity index (χ0v) is 13.8. The SMILES string of the molecule is C=CCN(C(=O)c1cc([N+](=O)[O-])ccc1I)C1CCCC1. The fourth-order valence-electron chi connectivity index (χ4n) is 2.70. The number of hydrogen-bond donors (Lipinski definition) is 0. The smallest absolute Gasteiger partial charge is 0.270 e. The highest BCUT2D eigenvalue weighted by Crippen LogP contribution is 2.27. The zero-order valence-electron chi connectivity index (χ0n) is 11.6. The van der Waals surface area contributed by atoms with Crippen molar-refractivity contribution in [1.82, 2.24) is 4.90 Å². The van der Waals surface area contributed by atoms with E-state index in [0.717, 1.165) is 29.3 Å². The van der Waals surface area contributed by atoms with E-state index in [4.69, 9.17) is 0 Å². The van der Waals surface area contributed by atoms with Gasteiger partial charge >= 0.3 is 0 Å². The van der Waals surface area contributed by atoms with Gasteiger partial charge in [-0.25, -0.2) is 0 Å². The largest absolute Gasteiger partial charge is 0.332 e. The number of benzene rings is 1. The van der Waals surface area contributed by atoms with Gasteiger partial charge in [0.25, 0.3) is 11.6 Å². The lowest BCUT2D eigenvalue weighted by molar-refractivity contribution is -0.384. The van der Waals surface area contributed by atoms with Crippen molar-refractivity contribution in [1.29, 1.82) is 0 Å². The van der Waals surface area contributed by atoms with E-state index in [1.54, 1.807) is 17.0 Å². The first kappa shape index (κ1) is 15.9. The number of nitro benzene ring substituents is 1. The summed E-state index contributed by atoms with van der Waals surface area (Å²) in [6.07, 6.45) is 5.94. The van der Waals surface area contributed by atoms with Crippen molar-refractivity contribution >= 4 is 34.2 Å². The molecule has 1 saturated carbocycles. The van der Waals surface area contributed by atoms with Gasteiger partial charge in [-0.05, 0) is 41.5 Å². The second-order valence-corrected chi connectivity index (χ2v) is 6.27. The molecule has 0 atom stereocenters. The van der Waals surface area contributed by atoms with Gasteiger partial charge < -0.3 is 4.90 Å². The highest BCUT2D eigenvalue weighted by atomic mass is 127. The van der Waals surface area contributed by atoms with Crippen LogP contribution in [0.4, 0.5) is 5.69 Å². The van der Waals surface area contributed by atoms with Crippen LogP contribution >= 0.6 is 22.6 Å². The molecule has 0 N–H and O–H groups in total. The van der Waals surface area contributed by atoms with Crippen LogP contribution in [0.25, 0.3) is 0 Å². The van der Waals surface area contributed by atoms with Crippen LogP contribution in [0.15, 0.2) is 30.9 Å². The van der Waals surface area contributed by atoms with Crippen molar-refractivity contribution in [2.45, 2.75) is 31.7 Å². The van der Waals surface area contributed by atoms with Crippen LogP contribution in [0.5, 0.6) is 0 Å². The number of non-ortho nitro benzene ring substituents is 1. The van der Waals surface area contributed by atoms with Crippen molar-refractivity contribution in [2.75, 3.05) is 6.54 Å². The Labute approximate surface area is 137 Å². The number of carbonyl (C=O) groups excluding carboxylic acids is 1. The second kappa shape index (κ2) is 7.02. The molecule has 0 bridgehead atoms. The van der Waals surface area contributed by atoms with Gasteiger partial charge in [0.2, 0.25) is 0 Å². The van der Waals surface area contributed by atoms with E-state index in [0.29, 0.717) is 12.1 Å². The number of halogens is 1. The Bertz CT molecular complexity index is 568. The molecular formula is C15H17IN2O3. The molecule has 0 radical (unpaired) electrons. The van der Waals surface area contributed by atoms with Gasteiger partial charge in [0.05, 0.1) is 10.5 Å². The van der Waals surface area contributed by atoms with Crippen molar-refractivity contribution in [3.63, 3.8) is 0 Å². The fourth-order valence-corrected chi connectivity index (χ4v) is 3.26. The predicted octanol–water partition coefficient (Wildman–Crippen LogP) is 3.77. The third-order valence-corrected chi connectivity index (χ3v) is 4.68. The zero-order chi connectivity index (χ0) is 15.4. The van der Waals surface area contributed by atoms with E-state index in [1.807, 2.05) is 22.6 Å². The molecule has 0 spiro atoms. The molecule has 0 heterocycles. The Hall–Kier alpha value is -1.44. The molecule has 21 heavy (non-hydrogen) atoms. The second-order valence-electron chi connectivity index (χ2n) is 5.11. The quantitative estimate of drug-likeness (QED) is 0.327. The molecule has 6 heteroatoms. The van der Waals surface area contributed by atoms with Crippen molar-refractivity contribution < 1.29 is 9.72 Å². The maximum absolute atomic E-state index is 12.8. The summed E-state index contributed by atoms with van der Waals surface area (Å²) in [5.74, 6) is -0.144. The normalized spacial score (nSPS) is 14.9. The predicted molar refractivity (Wildman–Crippen MR) is 89.3 cm³/mol. The first-order valence-corrected chi connectivity index (χ1v) is 7.98. The molecule has 0 aromatic heterocycles. The molecule has 1 amide bonds. The van der Waals surface area contributed by atoms with E-state index in [2.05, 4.69) is 6.58 Å². The minimum atomic E-state index is -0.472. The fraction of sp³-hybridized carbons (Fsp3) is 0.400. The number of rotatable bonds is 5. The molecule has 1 aliphatic carbocycles. The molecule has 1 fully saturated rings. The number of amides is 1. The summed E-state index contributed by atoms with van der Waals surface area (Å²) < 4.78 is 0.732. The first-order chi connectivity index (χ1) is 10.0. The van der Waals surface area contributed by atoms with Crippen LogP contribution in [0.1, 0.15) is 36.0 Å². The van der Waals surface area contributed by atoms with E-state index < -0.39 is 4.92 Å². The number of hydrogen-bond acceptors (Lipinski definition) is 3. The Morgan fingerprint density at radius 2 is 2.14 bits per heavy atom. The monoisotopic (exact) mass is 400 g/mol. The molecule has 0 saturated heterocycles. The average Bonchev–Trinajstić information content (AvgIpc) is 2.98. The highest BCUT2D eigenvalue weighted by molar-refractivity contribution is 14.1.